The van der Waals surface area contributed by atoms with Crippen LogP contribution >= 0.6 is 11.6 Å². The Kier molecular flexibility index (Phi) is 5.68. The van der Waals surface area contributed by atoms with Crippen LogP contribution in [0.3, 0.4) is 0 Å². The first-order valence-corrected chi connectivity index (χ1v) is 8.38. The Morgan fingerprint density at radius 3 is 2.61 bits per heavy atom. The van der Waals surface area contributed by atoms with Crippen molar-refractivity contribution >= 4 is 11.6 Å². The molecule has 0 unspecified atom stereocenters. The average Bonchev–Trinajstić information content (AvgIpc) is 2.56. The summed E-state index contributed by atoms with van der Waals surface area (Å²) in [6.45, 7) is 3.39. The molecule has 0 spiro atoms. The Balaban J connectivity index is 1.41. The summed E-state index contributed by atoms with van der Waals surface area (Å²) in [4.78, 5) is 2.29. The lowest BCUT2D eigenvalue weighted by atomic mass is 10.00. The van der Waals surface area contributed by atoms with Gasteiger partial charge in [-0.3, -0.25) is 4.90 Å². The van der Waals surface area contributed by atoms with E-state index in [0.717, 1.165) is 30.1 Å². The van der Waals surface area contributed by atoms with Crippen LogP contribution in [0.5, 0.6) is 0 Å². The van der Waals surface area contributed by atoms with Crippen molar-refractivity contribution in [1.29, 1.82) is 0 Å². The van der Waals surface area contributed by atoms with Crippen LogP contribution in [0.1, 0.15) is 16.7 Å². The van der Waals surface area contributed by atoms with E-state index in [0.29, 0.717) is 19.8 Å². The van der Waals surface area contributed by atoms with Gasteiger partial charge in [0.2, 0.25) is 0 Å². The van der Waals surface area contributed by atoms with E-state index in [1.807, 2.05) is 24.3 Å². The lowest BCUT2D eigenvalue weighted by Crippen LogP contribution is -2.38. The van der Waals surface area contributed by atoms with E-state index in [1.165, 1.54) is 11.1 Å². The third-order valence-electron chi connectivity index (χ3n) is 4.17. The zero-order valence-electron chi connectivity index (χ0n) is 13.1. The molecule has 4 heteroatoms. The fourth-order valence-corrected chi connectivity index (χ4v) is 3.08. The number of aliphatic hydroxyl groups excluding tert-OH is 1. The second kappa shape index (κ2) is 7.93. The number of nitrogens with zero attached hydrogens (tertiary/aromatic N) is 1. The van der Waals surface area contributed by atoms with Crippen molar-refractivity contribution in [3.8, 4) is 0 Å². The molecule has 0 fully saturated rings. The van der Waals surface area contributed by atoms with E-state index in [4.69, 9.17) is 16.3 Å². The lowest BCUT2D eigenvalue weighted by Gasteiger charge is -2.30. The monoisotopic (exact) mass is 331 g/mol. The number of rotatable bonds is 6. The molecule has 1 atom stereocenters. The molecular weight excluding hydrogens is 310 g/mol. The predicted molar refractivity (Wildman–Crippen MR) is 92.5 cm³/mol. The molecule has 0 aliphatic carbocycles. The minimum Gasteiger partial charge on any atom is -0.389 e. The van der Waals surface area contributed by atoms with Gasteiger partial charge in [0.15, 0.2) is 0 Å². The van der Waals surface area contributed by atoms with Gasteiger partial charge in [0.05, 0.1) is 19.3 Å². The third-order valence-corrected chi connectivity index (χ3v) is 4.42. The molecule has 3 nitrogen and oxygen atoms in total. The van der Waals surface area contributed by atoms with Gasteiger partial charge < -0.3 is 9.84 Å². The Morgan fingerprint density at radius 1 is 1.09 bits per heavy atom. The maximum absolute atomic E-state index is 10.2. The van der Waals surface area contributed by atoms with E-state index < -0.39 is 6.10 Å². The number of hydrogen-bond donors (Lipinski definition) is 1. The van der Waals surface area contributed by atoms with Crippen molar-refractivity contribution in [2.24, 2.45) is 0 Å². The smallest absolute Gasteiger partial charge is 0.0900 e. The summed E-state index contributed by atoms with van der Waals surface area (Å²) in [6, 6.07) is 16.1. The number of ether oxygens (including phenoxy) is 1. The standard InChI is InChI=1S/C19H22ClNO2/c20-18-7-5-15(6-8-18)13-23-14-19(22)12-21-10-9-16-3-1-2-4-17(16)11-21/h1-8,19,22H,9-14H2/t19-/m1/s1. The van der Waals surface area contributed by atoms with Gasteiger partial charge in [-0.1, -0.05) is 48.0 Å². The second-order valence-electron chi connectivity index (χ2n) is 6.05. The zero-order valence-corrected chi connectivity index (χ0v) is 13.9. The second-order valence-corrected chi connectivity index (χ2v) is 6.49. The van der Waals surface area contributed by atoms with Crippen molar-refractivity contribution < 1.29 is 9.84 Å². The van der Waals surface area contributed by atoms with Crippen LogP contribution in [0.2, 0.25) is 5.02 Å². The Morgan fingerprint density at radius 2 is 1.83 bits per heavy atom. The quantitative estimate of drug-likeness (QED) is 0.881. The van der Waals surface area contributed by atoms with Gasteiger partial charge >= 0.3 is 0 Å². The van der Waals surface area contributed by atoms with E-state index >= 15 is 0 Å². The van der Waals surface area contributed by atoms with Crippen LogP contribution in [0, 0.1) is 0 Å². The Labute approximate surface area is 142 Å². The molecule has 1 N–H and O–H groups in total. The number of halogens is 1. The first-order valence-electron chi connectivity index (χ1n) is 8.00. The zero-order chi connectivity index (χ0) is 16.1. The normalized spacial score (nSPS) is 16.1. The highest BCUT2D eigenvalue weighted by Crippen LogP contribution is 2.18. The number of fused-ring (bicyclic) bond motifs is 1. The molecule has 0 aromatic heterocycles. The maximum Gasteiger partial charge on any atom is 0.0900 e. The molecule has 0 amide bonds. The average molecular weight is 332 g/mol. The SMILES string of the molecule is O[C@@H](COCc1ccc(Cl)cc1)CN1CCc2ccccc2C1. The van der Waals surface area contributed by atoms with Crippen LogP contribution < -0.4 is 0 Å². The van der Waals surface area contributed by atoms with Gasteiger partial charge in [-0.05, 0) is 35.2 Å². The third kappa shape index (κ3) is 4.79. The topological polar surface area (TPSA) is 32.7 Å². The number of benzene rings is 2. The van der Waals surface area contributed by atoms with Crippen LogP contribution in [-0.2, 0) is 24.3 Å². The molecule has 2 aromatic carbocycles. The molecule has 122 valence electrons. The fourth-order valence-electron chi connectivity index (χ4n) is 2.95. The van der Waals surface area contributed by atoms with Crippen LogP contribution in [0.25, 0.3) is 0 Å². The summed E-state index contributed by atoms with van der Waals surface area (Å²) in [6.07, 6.45) is 0.585. The summed E-state index contributed by atoms with van der Waals surface area (Å²) in [5.41, 5.74) is 3.86. The molecule has 0 saturated carbocycles. The Hall–Kier alpha value is -1.39. The van der Waals surface area contributed by atoms with E-state index in [1.54, 1.807) is 0 Å². The van der Waals surface area contributed by atoms with Gasteiger partial charge in [0.25, 0.3) is 0 Å². The summed E-state index contributed by atoms with van der Waals surface area (Å²) >= 11 is 5.85. The van der Waals surface area contributed by atoms with Gasteiger partial charge in [-0.25, -0.2) is 0 Å². The minimum absolute atomic E-state index is 0.348. The summed E-state index contributed by atoms with van der Waals surface area (Å²) in [5, 5.41) is 10.9. The maximum atomic E-state index is 10.2. The van der Waals surface area contributed by atoms with Gasteiger partial charge in [-0.15, -0.1) is 0 Å². The van der Waals surface area contributed by atoms with E-state index in [-0.39, 0.29) is 0 Å². The first-order chi connectivity index (χ1) is 11.2. The van der Waals surface area contributed by atoms with Crippen LogP contribution in [0.4, 0.5) is 0 Å². The van der Waals surface area contributed by atoms with Gasteiger partial charge in [0.1, 0.15) is 0 Å². The molecule has 2 aromatic rings. The molecule has 23 heavy (non-hydrogen) atoms. The van der Waals surface area contributed by atoms with E-state index in [2.05, 4.69) is 29.2 Å². The van der Waals surface area contributed by atoms with Crippen LogP contribution in [-0.4, -0.2) is 35.8 Å². The molecule has 0 saturated heterocycles. The van der Waals surface area contributed by atoms with Crippen molar-refractivity contribution in [2.75, 3.05) is 19.7 Å². The molecular formula is C19H22ClNO2. The van der Waals surface area contributed by atoms with Gasteiger partial charge in [0, 0.05) is 24.7 Å². The first kappa shape index (κ1) is 16.5. The van der Waals surface area contributed by atoms with Crippen molar-refractivity contribution in [2.45, 2.75) is 25.7 Å². The number of β-amino-alcohol motifs (C(OH)–C–C–N with tert-alkyl or cyclic N) is 1. The summed E-state index contributed by atoms with van der Waals surface area (Å²) in [5.74, 6) is 0. The minimum atomic E-state index is -0.465. The molecule has 1 aliphatic heterocycles. The predicted octanol–water partition coefficient (Wildman–Crippen LogP) is 3.28. The molecule has 1 heterocycles. The highest BCUT2D eigenvalue weighted by Gasteiger charge is 2.18. The van der Waals surface area contributed by atoms with E-state index in [9.17, 15) is 5.11 Å². The van der Waals surface area contributed by atoms with Crippen molar-refractivity contribution in [1.82, 2.24) is 4.90 Å². The lowest BCUT2D eigenvalue weighted by molar-refractivity contribution is 0.00774. The molecule has 0 radical (unpaired) electrons. The van der Waals surface area contributed by atoms with Crippen LogP contribution in [0.15, 0.2) is 48.5 Å². The summed E-state index contributed by atoms with van der Waals surface area (Å²) in [7, 11) is 0. The van der Waals surface area contributed by atoms with Crippen molar-refractivity contribution in [3.05, 3.63) is 70.2 Å². The summed E-state index contributed by atoms with van der Waals surface area (Å²) < 4.78 is 5.61. The number of aliphatic hydroxyl groups is 1. The van der Waals surface area contributed by atoms with Gasteiger partial charge in [-0.2, -0.15) is 0 Å². The highest BCUT2D eigenvalue weighted by atomic mass is 35.5. The fraction of sp³-hybridized carbons (Fsp3) is 0.368. The molecule has 1 aliphatic rings. The van der Waals surface area contributed by atoms with Crippen molar-refractivity contribution in [3.63, 3.8) is 0 Å². The number of hydrogen-bond acceptors (Lipinski definition) is 3. The highest BCUT2D eigenvalue weighted by molar-refractivity contribution is 6.30. The Bertz CT molecular complexity index is 630. The molecule has 3 rings (SSSR count). The molecule has 0 bridgehead atoms. The largest absolute Gasteiger partial charge is 0.389 e.